The van der Waals surface area contributed by atoms with Gasteiger partial charge in [0.1, 0.15) is 0 Å². The summed E-state index contributed by atoms with van der Waals surface area (Å²) in [5.41, 5.74) is 0.875. The molecule has 4 atom stereocenters. The van der Waals surface area contributed by atoms with Crippen LogP contribution in [0.2, 0.25) is 0 Å². The molecule has 3 heteroatoms. The summed E-state index contributed by atoms with van der Waals surface area (Å²) < 4.78 is 0. The third-order valence-corrected chi connectivity index (χ3v) is 4.48. The highest BCUT2D eigenvalue weighted by Gasteiger charge is 2.48. The third kappa shape index (κ3) is 2.18. The van der Waals surface area contributed by atoms with Gasteiger partial charge in [0.15, 0.2) is 5.78 Å². The first-order valence-electron chi connectivity index (χ1n) is 6.43. The largest absolute Gasteiger partial charge is 0.393 e. The Morgan fingerprint density at radius 3 is 2.59 bits per heavy atom. The Balaban J connectivity index is 2.39. The van der Waals surface area contributed by atoms with E-state index in [9.17, 15) is 15.0 Å². The predicted octanol–water partition coefficient (Wildman–Crippen LogP) is 1.82. The highest BCUT2D eigenvalue weighted by Crippen LogP contribution is 2.46. The highest BCUT2D eigenvalue weighted by atomic mass is 16.3. The van der Waals surface area contributed by atoms with Crippen LogP contribution in [0.15, 0.2) is 11.1 Å². The molecule has 0 amide bonds. The summed E-state index contributed by atoms with van der Waals surface area (Å²) in [5.74, 6) is 0.149. The average Bonchev–Trinajstić information content (AvgIpc) is 2.50. The van der Waals surface area contributed by atoms with E-state index in [1.54, 1.807) is 6.92 Å². The fourth-order valence-corrected chi connectivity index (χ4v) is 3.49. The van der Waals surface area contributed by atoms with Gasteiger partial charge in [0.05, 0.1) is 11.7 Å². The van der Waals surface area contributed by atoms with Gasteiger partial charge in [0, 0.05) is 6.42 Å². The van der Waals surface area contributed by atoms with Crippen molar-refractivity contribution in [1.82, 2.24) is 0 Å². The molecule has 2 aliphatic rings. The molecule has 96 valence electrons. The molecule has 2 rings (SSSR count). The monoisotopic (exact) mass is 238 g/mol. The van der Waals surface area contributed by atoms with Crippen LogP contribution >= 0.6 is 0 Å². The maximum Gasteiger partial charge on any atom is 0.161 e. The Morgan fingerprint density at radius 1 is 1.35 bits per heavy atom. The van der Waals surface area contributed by atoms with Gasteiger partial charge in [-0.25, -0.2) is 0 Å². The van der Waals surface area contributed by atoms with E-state index in [1.165, 1.54) is 0 Å². The Bertz CT molecular complexity index is 364. The van der Waals surface area contributed by atoms with Crippen LogP contribution in [0.5, 0.6) is 0 Å². The van der Waals surface area contributed by atoms with Crippen molar-refractivity contribution >= 4 is 5.78 Å². The molecule has 0 aromatic carbocycles. The molecular formula is C14H22O3. The van der Waals surface area contributed by atoms with Crippen molar-refractivity contribution in [1.29, 1.82) is 0 Å². The van der Waals surface area contributed by atoms with Crippen LogP contribution in [-0.2, 0) is 4.79 Å². The Hall–Kier alpha value is -0.670. The molecular weight excluding hydrogens is 216 g/mol. The van der Waals surface area contributed by atoms with E-state index in [1.807, 2.05) is 13.8 Å². The summed E-state index contributed by atoms with van der Waals surface area (Å²) in [6.07, 6.45) is 2.02. The van der Waals surface area contributed by atoms with Crippen LogP contribution in [0.1, 0.15) is 46.5 Å². The molecule has 2 N–H and O–H groups in total. The minimum Gasteiger partial charge on any atom is -0.393 e. The molecule has 2 aliphatic carbocycles. The topological polar surface area (TPSA) is 57.5 Å². The number of fused-ring (bicyclic) bond motifs is 1. The van der Waals surface area contributed by atoms with E-state index in [0.29, 0.717) is 6.42 Å². The van der Waals surface area contributed by atoms with E-state index >= 15 is 0 Å². The molecule has 2 fully saturated rings. The molecule has 17 heavy (non-hydrogen) atoms. The second-order valence-electron chi connectivity index (χ2n) is 6.05. The lowest BCUT2D eigenvalue weighted by Gasteiger charge is -2.31. The number of aliphatic hydroxyl groups excluding tert-OH is 1. The van der Waals surface area contributed by atoms with E-state index in [2.05, 4.69) is 0 Å². The molecule has 0 spiro atoms. The summed E-state index contributed by atoms with van der Waals surface area (Å²) in [4.78, 5) is 12.1. The first-order valence-corrected chi connectivity index (χ1v) is 6.43. The molecule has 0 radical (unpaired) electrons. The van der Waals surface area contributed by atoms with Crippen molar-refractivity contribution in [2.24, 2.45) is 11.8 Å². The zero-order valence-electron chi connectivity index (χ0n) is 10.9. The summed E-state index contributed by atoms with van der Waals surface area (Å²) in [7, 11) is 0. The Labute approximate surface area is 103 Å². The average molecular weight is 238 g/mol. The Morgan fingerprint density at radius 2 is 2.00 bits per heavy atom. The van der Waals surface area contributed by atoms with Crippen molar-refractivity contribution in [3.63, 3.8) is 0 Å². The molecule has 0 aromatic heterocycles. The molecule has 2 unspecified atom stereocenters. The lowest BCUT2D eigenvalue weighted by Crippen LogP contribution is -2.38. The molecule has 0 aliphatic heterocycles. The van der Waals surface area contributed by atoms with Crippen molar-refractivity contribution < 1.29 is 15.0 Å². The number of carbonyl (C=O) groups is 1. The summed E-state index contributed by atoms with van der Waals surface area (Å²) in [6, 6.07) is 0. The Kier molecular flexibility index (Phi) is 3.17. The first-order chi connectivity index (χ1) is 7.83. The predicted molar refractivity (Wildman–Crippen MR) is 65.5 cm³/mol. The minimum atomic E-state index is -0.962. The highest BCUT2D eigenvalue weighted by molar-refractivity contribution is 5.97. The fraction of sp³-hybridized carbons (Fsp3) is 0.786. The number of aliphatic hydroxyl groups is 2. The van der Waals surface area contributed by atoms with Crippen LogP contribution < -0.4 is 0 Å². The van der Waals surface area contributed by atoms with Crippen LogP contribution in [0.4, 0.5) is 0 Å². The lowest BCUT2D eigenvalue weighted by atomic mass is 9.80. The maximum atomic E-state index is 12.1. The molecule has 2 saturated carbocycles. The van der Waals surface area contributed by atoms with Gasteiger partial charge in [-0.1, -0.05) is 5.57 Å². The van der Waals surface area contributed by atoms with Crippen molar-refractivity contribution in [2.75, 3.05) is 0 Å². The number of allylic oxidation sites excluding steroid dienone is 2. The van der Waals surface area contributed by atoms with Gasteiger partial charge >= 0.3 is 0 Å². The molecule has 3 nitrogen and oxygen atoms in total. The molecule has 0 saturated heterocycles. The third-order valence-electron chi connectivity index (χ3n) is 4.48. The first kappa shape index (κ1) is 12.8. The lowest BCUT2D eigenvalue weighted by molar-refractivity contribution is -0.121. The van der Waals surface area contributed by atoms with E-state index in [0.717, 1.165) is 24.0 Å². The van der Waals surface area contributed by atoms with Gasteiger partial charge in [0.25, 0.3) is 0 Å². The van der Waals surface area contributed by atoms with Gasteiger partial charge in [0.2, 0.25) is 0 Å². The van der Waals surface area contributed by atoms with Crippen LogP contribution in [0, 0.1) is 11.8 Å². The number of carbonyl (C=O) groups excluding carboxylic acids is 1. The number of Topliss-reactive ketones (excluding diaryl/α,β-unsaturated/α-hetero) is 1. The zero-order valence-corrected chi connectivity index (χ0v) is 10.9. The van der Waals surface area contributed by atoms with E-state index in [-0.39, 0.29) is 30.1 Å². The standard InChI is InChI=1S/C14H22O3/c1-8(2)9-6-10-11(4-5-12(10)15)14(3,17)7-13(9)16/h10-12,15,17H,4-7H2,1-3H3/t10?,11?,12-,14+/m0/s1. The van der Waals surface area contributed by atoms with E-state index in [4.69, 9.17) is 0 Å². The van der Waals surface area contributed by atoms with E-state index < -0.39 is 5.60 Å². The number of rotatable bonds is 0. The minimum absolute atomic E-state index is 0.0429. The fourth-order valence-electron chi connectivity index (χ4n) is 3.49. The number of ketones is 1. The number of hydrogen-bond acceptors (Lipinski definition) is 3. The van der Waals surface area contributed by atoms with Gasteiger partial charge in [-0.2, -0.15) is 0 Å². The van der Waals surface area contributed by atoms with Crippen LogP contribution in [0.25, 0.3) is 0 Å². The van der Waals surface area contributed by atoms with Gasteiger partial charge in [-0.3, -0.25) is 4.79 Å². The number of hydrogen-bond donors (Lipinski definition) is 2. The second-order valence-corrected chi connectivity index (χ2v) is 6.05. The maximum absolute atomic E-state index is 12.1. The summed E-state index contributed by atoms with van der Waals surface area (Å²) in [6.45, 7) is 5.61. The molecule has 0 heterocycles. The van der Waals surface area contributed by atoms with Crippen molar-refractivity contribution in [3.05, 3.63) is 11.1 Å². The van der Waals surface area contributed by atoms with Gasteiger partial charge < -0.3 is 10.2 Å². The zero-order chi connectivity index (χ0) is 12.8. The normalized spacial score (nSPS) is 42.3. The molecule has 0 aromatic rings. The van der Waals surface area contributed by atoms with Crippen LogP contribution in [0.3, 0.4) is 0 Å². The van der Waals surface area contributed by atoms with Crippen molar-refractivity contribution in [2.45, 2.75) is 58.2 Å². The summed E-state index contributed by atoms with van der Waals surface area (Å²) in [5, 5.41) is 20.5. The van der Waals surface area contributed by atoms with Crippen LogP contribution in [-0.4, -0.2) is 27.7 Å². The molecule has 0 bridgehead atoms. The van der Waals surface area contributed by atoms with Gasteiger partial charge in [-0.05, 0) is 57.4 Å². The summed E-state index contributed by atoms with van der Waals surface area (Å²) >= 11 is 0. The second kappa shape index (κ2) is 4.21. The SMILES string of the molecule is CC(C)=C1CC2C(CC[C@@H]2O)[C@](C)(O)CC1=O. The quantitative estimate of drug-likeness (QED) is 0.633. The van der Waals surface area contributed by atoms with Gasteiger partial charge in [-0.15, -0.1) is 0 Å². The van der Waals surface area contributed by atoms with Crippen molar-refractivity contribution in [3.8, 4) is 0 Å². The smallest absolute Gasteiger partial charge is 0.161 e.